The van der Waals surface area contributed by atoms with Crippen molar-refractivity contribution in [1.82, 2.24) is 9.78 Å². The van der Waals surface area contributed by atoms with E-state index in [0.717, 1.165) is 17.0 Å². The van der Waals surface area contributed by atoms with E-state index in [1.54, 1.807) is 10.7 Å². The molecule has 0 bridgehead atoms. The van der Waals surface area contributed by atoms with E-state index < -0.39 is 0 Å². The normalized spacial score (nSPS) is 12.7. The van der Waals surface area contributed by atoms with Crippen LogP contribution in [0.15, 0.2) is 30.3 Å². The molecule has 3 nitrogen and oxygen atoms in total. The molecule has 1 N–H and O–H groups in total. The van der Waals surface area contributed by atoms with E-state index in [-0.39, 0.29) is 18.3 Å². The molecule has 96 valence electrons. The number of nitrogens with zero attached hydrogens (tertiary/aromatic N) is 2. The zero-order valence-electron chi connectivity index (χ0n) is 10.6. The zero-order chi connectivity index (χ0) is 13.1. The van der Waals surface area contributed by atoms with Crippen LogP contribution in [0.2, 0.25) is 0 Å². The third-order valence-corrected chi connectivity index (χ3v) is 3.09. The highest BCUT2D eigenvalue weighted by Crippen LogP contribution is 2.21. The first-order valence-corrected chi connectivity index (χ1v) is 5.96. The second kappa shape index (κ2) is 5.31. The number of rotatable bonds is 4. The van der Waals surface area contributed by atoms with Crippen LogP contribution in [-0.2, 0) is 13.5 Å². The van der Waals surface area contributed by atoms with E-state index in [9.17, 15) is 9.50 Å². The van der Waals surface area contributed by atoms with Crippen molar-refractivity contribution < 1.29 is 9.50 Å². The second-order valence-corrected chi connectivity index (χ2v) is 4.54. The maximum Gasteiger partial charge on any atom is 0.123 e. The third kappa shape index (κ3) is 2.76. The van der Waals surface area contributed by atoms with Gasteiger partial charge in [-0.1, -0.05) is 12.1 Å². The molecule has 2 rings (SSSR count). The van der Waals surface area contributed by atoms with Crippen LogP contribution in [0.25, 0.3) is 0 Å². The number of halogens is 1. The number of hydrogen-bond acceptors (Lipinski definition) is 2. The molecular formula is C14H17FN2O. The average Bonchev–Trinajstić information content (AvgIpc) is 2.64. The summed E-state index contributed by atoms with van der Waals surface area (Å²) < 4.78 is 15.0. The molecule has 0 aliphatic carbocycles. The van der Waals surface area contributed by atoms with Gasteiger partial charge >= 0.3 is 0 Å². The summed E-state index contributed by atoms with van der Waals surface area (Å²) in [5.41, 5.74) is 2.80. The van der Waals surface area contributed by atoms with E-state index in [2.05, 4.69) is 5.10 Å². The van der Waals surface area contributed by atoms with Gasteiger partial charge in [0.15, 0.2) is 0 Å². The fourth-order valence-corrected chi connectivity index (χ4v) is 2.16. The topological polar surface area (TPSA) is 38.0 Å². The van der Waals surface area contributed by atoms with Gasteiger partial charge in [-0.2, -0.15) is 5.10 Å². The standard InChI is InChI=1S/C14H17FN2O/c1-10-6-14(17(2)16-10)8-12(9-18)11-4-3-5-13(15)7-11/h3-7,12,18H,8-9H2,1-2H3. The Kier molecular flexibility index (Phi) is 3.77. The van der Waals surface area contributed by atoms with Crippen LogP contribution in [0.1, 0.15) is 22.9 Å². The predicted octanol–water partition coefficient (Wildman–Crippen LogP) is 2.19. The average molecular weight is 248 g/mol. The number of aromatic nitrogens is 2. The van der Waals surface area contributed by atoms with Crippen molar-refractivity contribution in [2.45, 2.75) is 19.3 Å². The van der Waals surface area contributed by atoms with Gasteiger partial charge in [0.1, 0.15) is 5.82 Å². The first kappa shape index (κ1) is 12.8. The van der Waals surface area contributed by atoms with Gasteiger partial charge in [0.05, 0.1) is 12.3 Å². The van der Waals surface area contributed by atoms with Crippen LogP contribution in [-0.4, -0.2) is 21.5 Å². The van der Waals surface area contributed by atoms with Gasteiger partial charge in [-0.3, -0.25) is 4.68 Å². The number of aliphatic hydroxyl groups excluding tert-OH is 1. The highest BCUT2D eigenvalue weighted by molar-refractivity contribution is 5.23. The quantitative estimate of drug-likeness (QED) is 0.900. The summed E-state index contributed by atoms with van der Waals surface area (Å²) in [4.78, 5) is 0. The molecule has 0 radical (unpaired) electrons. The van der Waals surface area contributed by atoms with Crippen molar-refractivity contribution in [3.05, 3.63) is 53.1 Å². The summed E-state index contributed by atoms with van der Waals surface area (Å²) in [7, 11) is 1.88. The van der Waals surface area contributed by atoms with Crippen molar-refractivity contribution in [2.24, 2.45) is 7.05 Å². The van der Waals surface area contributed by atoms with Gasteiger partial charge < -0.3 is 5.11 Å². The molecule has 0 aliphatic rings. The van der Waals surface area contributed by atoms with Gasteiger partial charge in [-0.05, 0) is 37.1 Å². The monoisotopic (exact) mass is 248 g/mol. The van der Waals surface area contributed by atoms with E-state index >= 15 is 0 Å². The zero-order valence-corrected chi connectivity index (χ0v) is 10.6. The van der Waals surface area contributed by atoms with Crippen LogP contribution in [0.3, 0.4) is 0 Å². The van der Waals surface area contributed by atoms with E-state index in [1.165, 1.54) is 12.1 Å². The molecular weight excluding hydrogens is 231 g/mol. The Morgan fingerprint density at radius 1 is 1.39 bits per heavy atom. The lowest BCUT2D eigenvalue weighted by Gasteiger charge is -2.14. The molecule has 2 aromatic rings. The lowest BCUT2D eigenvalue weighted by atomic mass is 9.95. The molecule has 0 fully saturated rings. The van der Waals surface area contributed by atoms with Gasteiger partial charge in [0.25, 0.3) is 0 Å². The van der Waals surface area contributed by atoms with Crippen molar-refractivity contribution in [2.75, 3.05) is 6.61 Å². The van der Waals surface area contributed by atoms with Gasteiger partial charge in [-0.25, -0.2) is 4.39 Å². The molecule has 0 spiro atoms. The highest BCUT2D eigenvalue weighted by atomic mass is 19.1. The van der Waals surface area contributed by atoms with Crippen LogP contribution >= 0.6 is 0 Å². The minimum atomic E-state index is -0.271. The van der Waals surface area contributed by atoms with Crippen molar-refractivity contribution in [1.29, 1.82) is 0 Å². The summed E-state index contributed by atoms with van der Waals surface area (Å²) in [6, 6.07) is 8.38. The Balaban J connectivity index is 2.22. The molecule has 0 aliphatic heterocycles. The Morgan fingerprint density at radius 2 is 2.17 bits per heavy atom. The largest absolute Gasteiger partial charge is 0.396 e. The maximum atomic E-state index is 13.2. The maximum absolute atomic E-state index is 13.2. The second-order valence-electron chi connectivity index (χ2n) is 4.54. The van der Waals surface area contributed by atoms with Crippen LogP contribution in [0, 0.1) is 12.7 Å². The van der Waals surface area contributed by atoms with Crippen molar-refractivity contribution in [3.63, 3.8) is 0 Å². The fraction of sp³-hybridized carbons (Fsp3) is 0.357. The molecule has 18 heavy (non-hydrogen) atoms. The van der Waals surface area contributed by atoms with E-state index in [1.807, 2.05) is 26.1 Å². The number of hydrogen-bond donors (Lipinski definition) is 1. The minimum absolute atomic E-state index is 0.00627. The number of aryl methyl sites for hydroxylation is 2. The predicted molar refractivity (Wildman–Crippen MR) is 67.9 cm³/mol. The third-order valence-electron chi connectivity index (χ3n) is 3.09. The summed E-state index contributed by atoms with van der Waals surface area (Å²) in [5.74, 6) is -0.373. The smallest absolute Gasteiger partial charge is 0.123 e. The summed E-state index contributed by atoms with van der Waals surface area (Å²) in [6.07, 6.45) is 0.650. The first-order chi connectivity index (χ1) is 8.60. The molecule has 0 amide bonds. The van der Waals surface area contributed by atoms with Crippen LogP contribution in [0.4, 0.5) is 4.39 Å². The molecule has 1 unspecified atom stereocenters. The van der Waals surface area contributed by atoms with Crippen LogP contribution < -0.4 is 0 Å². The molecule has 1 heterocycles. The van der Waals surface area contributed by atoms with E-state index in [4.69, 9.17) is 0 Å². The lowest BCUT2D eigenvalue weighted by molar-refractivity contribution is 0.263. The summed E-state index contributed by atoms with van der Waals surface area (Å²) in [5, 5.41) is 13.7. The number of aliphatic hydroxyl groups is 1. The Labute approximate surface area is 106 Å². The summed E-state index contributed by atoms with van der Waals surface area (Å²) in [6.45, 7) is 1.92. The molecule has 1 aromatic carbocycles. The van der Waals surface area contributed by atoms with E-state index in [0.29, 0.717) is 6.42 Å². The molecule has 0 saturated heterocycles. The van der Waals surface area contributed by atoms with Gasteiger partial charge in [0, 0.05) is 18.7 Å². The summed E-state index contributed by atoms with van der Waals surface area (Å²) >= 11 is 0. The Morgan fingerprint density at radius 3 is 2.72 bits per heavy atom. The Hall–Kier alpha value is -1.68. The molecule has 1 aromatic heterocycles. The molecule has 1 atom stereocenters. The Bertz CT molecular complexity index is 536. The van der Waals surface area contributed by atoms with Gasteiger partial charge in [0.2, 0.25) is 0 Å². The lowest BCUT2D eigenvalue weighted by Crippen LogP contribution is -2.11. The molecule has 4 heteroatoms. The highest BCUT2D eigenvalue weighted by Gasteiger charge is 2.14. The fourth-order valence-electron chi connectivity index (χ4n) is 2.16. The van der Waals surface area contributed by atoms with Gasteiger partial charge in [-0.15, -0.1) is 0 Å². The molecule has 0 saturated carbocycles. The SMILES string of the molecule is Cc1cc(CC(CO)c2cccc(F)c2)n(C)n1. The van der Waals surface area contributed by atoms with Crippen molar-refractivity contribution >= 4 is 0 Å². The first-order valence-electron chi connectivity index (χ1n) is 5.96. The number of benzene rings is 1. The minimum Gasteiger partial charge on any atom is -0.396 e. The van der Waals surface area contributed by atoms with Crippen molar-refractivity contribution in [3.8, 4) is 0 Å². The van der Waals surface area contributed by atoms with Crippen LogP contribution in [0.5, 0.6) is 0 Å².